The Bertz CT molecular complexity index is 1200. The van der Waals surface area contributed by atoms with E-state index in [2.05, 4.69) is 14.2 Å². The first kappa shape index (κ1) is 26.0. The van der Waals surface area contributed by atoms with E-state index in [9.17, 15) is 39.5 Å². The Labute approximate surface area is 190 Å². The molecule has 0 radical (unpaired) electrons. The third-order valence-electron chi connectivity index (χ3n) is 5.10. The van der Waals surface area contributed by atoms with Crippen molar-refractivity contribution in [3.05, 3.63) is 70.3 Å². The molecular weight excluding hydrogens is 501 g/mol. The maximum Gasteiger partial charge on any atom is 0.264 e. The van der Waals surface area contributed by atoms with Crippen molar-refractivity contribution >= 4 is 23.1 Å². The molecule has 3 rings (SSSR count). The highest BCUT2D eigenvalue weighted by Gasteiger charge is 2.43. The van der Waals surface area contributed by atoms with Gasteiger partial charge in [-0.15, -0.1) is 0 Å². The van der Waals surface area contributed by atoms with Gasteiger partial charge in [-0.1, -0.05) is 0 Å². The third kappa shape index (κ3) is 3.90. The van der Waals surface area contributed by atoms with Crippen LogP contribution < -0.4 is 30.6 Å². The molecule has 0 aliphatic rings. The first-order valence-electron chi connectivity index (χ1n) is 9.25. The maximum atomic E-state index is 15.1. The van der Waals surface area contributed by atoms with Crippen LogP contribution in [0.1, 0.15) is 0 Å². The van der Waals surface area contributed by atoms with Crippen molar-refractivity contribution in [3.8, 4) is 17.2 Å². The quantitative estimate of drug-likeness (QED) is 0.287. The van der Waals surface area contributed by atoms with E-state index in [1.54, 1.807) is 0 Å². The molecule has 14 heteroatoms. The van der Waals surface area contributed by atoms with E-state index >= 15 is 4.39 Å². The summed E-state index contributed by atoms with van der Waals surface area (Å²) in [7, 11) is 2.09. The fraction of sp³-hybridized carbons (Fsp3) is 0.143. The van der Waals surface area contributed by atoms with Gasteiger partial charge in [-0.3, -0.25) is 0 Å². The van der Waals surface area contributed by atoms with Crippen molar-refractivity contribution in [1.29, 1.82) is 0 Å². The van der Waals surface area contributed by atoms with E-state index in [-0.39, 0.29) is 0 Å². The summed E-state index contributed by atoms with van der Waals surface area (Å²) in [4.78, 5) is 0. The first-order valence-corrected chi connectivity index (χ1v) is 9.25. The number of hydrogen-bond acceptors (Lipinski definition) is 3. The van der Waals surface area contributed by atoms with Crippen molar-refractivity contribution in [2.45, 2.75) is 0 Å². The fourth-order valence-corrected chi connectivity index (χ4v) is 3.53. The fourth-order valence-electron chi connectivity index (χ4n) is 3.53. The van der Waals surface area contributed by atoms with Crippen molar-refractivity contribution in [1.82, 2.24) is 0 Å². The second-order valence-electron chi connectivity index (χ2n) is 6.82. The molecule has 0 fully saturated rings. The summed E-state index contributed by atoms with van der Waals surface area (Å²) < 4.78 is 161. The summed E-state index contributed by atoms with van der Waals surface area (Å²) >= 11 is 0. The monoisotopic (exact) mass is 512 g/mol. The summed E-state index contributed by atoms with van der Waals surface area (Å²) in [6.45, 7) is -3.16. The number of halogens is 10. The minimum atomic E-state index is -3.16. The molecule has 0 aromatic heterocycles. The predicted molar refractivity (Wildman–Crippen MR) is 103 cm³/mol. The Hall–Kier alpha value is -3.58. The zero-order valence-electron chi connectivity index (χ0n) is 17.7. The molecule has 3 aromatic carbocycles. The second-order valence-corrected chi connectivity index (χ2v) is 6.82. The molecule has 186 valence electrons. The van der Waals surface area contributed by atoms with Crippen LogP contribution in [-0.4, -0.2) is 28.0 Å². The van der Waals surface area contributed by atoms with Gasteiger partial charge in [-0.2, -0.15) is 17.6 Å². The van der Waals surface area contributed by atoms with E-state index in [1.807, 2.05) is 0 Å². The first-order chi connectivity index (χ1) is 16.4. The van der Waals surface area contributed by atoms with Crippen molar-refractivity contribution in [2.24, 2.45) is 0 Å². The van der Waals surface area contributed by atoms with E-state index in [1.165, 1.54) is 0 Å². The number of rotatable bonds is 6. The van der Waals surface area contributed by atoms with E-state index in [4.69, 9.17) is 0 Å². The molecule has 0 saturated carbocycles. The molecule has 0 amide bonds. The predicted octanol–water partition coefficient (Wildman–Crippen LogP) is 3.62. The summed E-state index contributed by atoms with van der Waals surface area (Å²) in [6, 6.07) is 1.08. The van der Waals surface area contributed by atoms with Gasteiger partial charge < -0.3 is 14.2 Å². The van der Waals surface area contributed by atoms with Crippen molar-refractivity contribution < 1.29 is 58.1 Å². The highest BCUT2D eigenvalue weighted by Crippen LogP contribution is 2.29. The highest BCUT2D eigenvalue weighted by molar-refractivity contribution is 6.95. The van der Waals surface area contributed by atoms with Crippen LogP contribution in [0.4, 0.5) is 43.9 Å². The number of methoxy groups -OCH3 is 3. The van der Waals surface area contributed by atoms with Gasteiger partial charge >= 0.3 is 0 Å². The molecule has 0 aliphatic carbocycles. The Kier molecular flexibility index (Phi) is 7.13. The van der Waals surface area contributed by atoms with Crippen LogP contribution in [0.5, 0.6) is 17.2 Å². The normalized spacial score (nSPS) is 11.0. The highest BCUT2D eigenvalue weighted by atomic mass is 19.2. The van der Waals surface area contributed by atoms with Crippen LogP contribution in [0.25, 0.3) is 0 Å². The van der Waals surface area contributed by atoms with E-state index in [0.29, 0.717) is 26.4 Å². The molecule has 0 spiro atoms. The summed E-state index contributed by atoms with van der Waals surface area (Å²) in [6.07, 6.45) is 0. The lowest BCUT2D eigenvalue weighted by Gasteiger charge is -2.22. The smallest absolute Gasteiger partial charge is 0.264 e. The lowest BCUT2D eigenvalue weighted by atomic mass is 9.36. The Morgan fingerprint density at radius 1 is 0.457 bits per heavy atom. The minimum Gasteiger partial charge on any atom is -0.494 e. The van der Waals surface area contributed by atoms with E-state index in [0.717, 1.165) is 7.11 Å². The third-order valence-corrected chi connectivity index (χ3v) is 5.10. The topological polar surface area (TPSA) is 27.7 Å². The van der Waals surface area contributed by atoms with Gasteiger partial charge in [-0.05, 0) is 12.1 Å². The maximum absolute atomic E-state index is 15.1. The van der Waals surface area contributed by atoms with E-state index < -0.39 is 98.5 Å². The standard InChI is InChI=1S/C21H11BF10O3/c1-33-7-5-4-6(23)8(11(7)24)22(9-12(25)16(29)20(34-2)17(30)13(9)26)10-14(27)18(31)21(35-3)19(32)15(10)28/h4-5H,1-3H3. The number of benzene rings is 3. The average molecular weight is 512 g/mol. The summed E-state index contributed by atoms with van der Waals surface area (Å²) in [5.74, 6) is -26.4. The SMILES string of the molecule is COc1ccc(F)c(B(c2c(F)c(F)c(OC)c(F)c2F)c2c(F)c(F)c(OC)c(F)c2F)c1F. The molecule has 35 heavy (non-hydrogen) atoms. The molecular formula is C21H11BF10O3. The summed E-state index contributed by atoms with van der Waals surface area (Å²) in [5.41, 5.74) is -5.69. The molecule has 0 atom stereocenters. The molecule has 0 N–H and O–H groups in total. The van der Waals surface area contributed by atoms with Crippen LogP contribution in [0.3, 0.4) is 0 Å². The molecule has 0 saturated heterocycles. The zero-order chi connectivity index (χ0) is 26.4. The van der Waals surface area contributed by atoms with Crippen LogP contribution in [-0.2, 0) is 0 Å². The number of ether oxygens (including phenoxy) is 3. The molecule has 3 aromatic rings. The van der Waals surface area contributed by atoms with Gasteiger partial charge in [0.2, 0.25) is 23.3 Å². The molecule has 0 aliphatic heterocycles. The van der Waals surface area contributed by atoms with Gasteiger partial charge in [0.15, 0.2) is 46.3 Å². The average Bonchev–Trinajstić information content (AvgIpc) is 2.82. The van der Waals surface area contributed by atoms with Gasteiger partial charge in [-0.25, -0.2) is 26.3 Å². The van der Waals surface area contributed by atoms with Crippen LogP contribution in [0.15, 0.2) is 12.1 Å². The van der Waals surface area contributed by atoms with Gasteiger partial charge in [0.05, 0.1) is 21.3 Å². The Balaban J connectivity index is 2.62. The van der Waals surface area contributed by atoms with Gasteiger partial charge in [0.25, 0.3) is 6.71 Å². The van der Waals surface area contributed by atoms with Crippen LogP contribution in [0.2, 0.25) is 0 Å². The largest absolute Gasteiger partial charge is 0.494 e. The molecule has 0 heterocycles. The Morgan fingerprint density at radius 2 is 0.829 bits per heavy atom. The molecule has 3 nitrogen and oxygen atoms in total. The van der Waals surface area contributed by atoms with Gasteiger partial charge in [0.1, 0.15) is 5.82 Å². The van der Waals surface area contributed by atoms with Gasteiger partial charge in [0, 0.05) is 16.4 Å². The lowest BCUT2D eigenvalue weighted by molar-refractivity contribution is 0.334. The number of hydrogen-bond donors (Lipinski definition) is 0. The second kappa shape index (κ2) is 9.58. The Morgan fingerprint density at radius 3 is 1.14 bits per heavy atom. The minimum absolute atomic E-state index is 0.419. The van der Waals surface area contributed by atoms with Crippen LogP contribution in [0, 0.1) is 58.2 Å². The lowest BCUT2D eigenvalue weighted by Crippen LogP contribution is -2.60. The van der Waals surface area contributed by atoms with Crippen molar-refractivity contribution in [3.63, 3.8) is 0 Å². The van der Waals surface area contributed by atoms with Crippen LogP contribution >= 0.6 is 0 Å². The molecule has 0 unspecified atom stereocenters. The molecule has 0 bridgehead atoms. The zero-order valence-corrected chi connectivity index (χ0v) is 17.7. The van der Waals surface area contributed by atoms with Crippen molar-refractivity contribution in [2.75, 3.05) is 21.3 Å². The summed E-state index contributed by atoms with van der Waals surface area (Å²) in [5, 5.41) is 0.